The standard InChI is InChI=1S/C12H21NO4/c14-12(15)11(13-10-1-2-10)8-17-7-9-3-5-16-6-4-9/h9-11,13H,1-8H2,(H,14,15). The molecule has 0 aromatic heterocycles. The van der Waals surface area contributed by atoms with Crippen molar-refractivity contribution >= 4 is 5.97 Å². The quantitative estimate of drug-likeness (QED) is 0.686. The lowest BCUT2D eigenvalue weighted by molar-refractivity contribution is -0.141. The van der Waals surface area contributed by atoms with Crippen LogP contribution >= 0.6 is 0 Å². The van der Waals surface area contributed by atoms with E-state index in [4.69, 9.17) is 14.6 Å². The third-order valence-corrected chi connectivity index (χ3v) is 3.29. The Morgan fingerprint density at radius 2 is 2.06 bits per heavy atom. The van der Waals surface area contributed by atoms with Gasteiger partial charge in [0.1, 0.15) is 6.04 Å². The molecule has 0 spiro atoms. The monoisotopic (exact) mass is 243 g/mol. The van der Waals surface area contributed by atoms with Gasteiger partial charge in [-0.05, 0) is 31.6 Å². The van der Waals surface area contributed by atoms with Crippen LogP contribution in [0.25, 0.3) is 0 Å². The van der Waals surface area contributed by atoms with Crippen LogP contribution in [0.4, 0.5) is 0 Å². The number of ether oxygens (including phenoxy) is 2. The molecule has 0 aromatic rings. The maximum atomic E-state index is 11.0. The SMILES string of the molecule is O=C(O)C(COCC1CCOCC1)NC1CC1. The van der Waals surface area contributed by atoms with Gasteiger partial charge >= 0.3 is 5.97 Å². The number of carbonyl (C=O) groups is 1. The van der Waals surface area contributed by atoms with Gasteiger partial charge in [-0.15, -0.1) is 0 Å². The van der Waals surface area contributed by atoms with Crippen LogP contribution in [0.3, 0.4) is 0 Å². The van der Waals surface area contributed by atoms with Crippen molar-refractivity contribution in [3.8, 4) is 0 Å². The van der Waals surface area contributed by atoms with Gasteiger partial charge in [-0.25, -0.2) is 0 Å². The Morgan fingerprint density at radius 1 is 1.35 bits per heavy atom. The lowest BCUT2D eigenvalue weighted by atomic mass is 10.0. The fraction of sp³-hybridized carbons (Fsp3) is 0.917. The molecule has 2 fully saturated rings. The first-order valence-corrected chi connectivity index (χ1v) is 6.40. The second kappa shape index (κ2) is 6.33. The molecule has 1 saturated heterocycles. The molecule has 2 N–H and O–H groups in total. The fourth-order valence-corrected chi connectivity index (χ4v) is 1.99. The van der Waals surface area contributed by atoms with E-state index < -0.39 is 12.0 Å². The van der Waals surface area contributed by atoms with E-state index in [1.165, 1.54) is 0 Å². The molecule has 1 saturated carbocycles. The smallest absolute Gasteiger partial charge is 0.323 e. The van der Waals surface area contributed by atoms with Crippen LogP contribution < -0.4 is 5.32 Å². The van der Waals surface area contributed by atoms with E-state index in [0.717, 1.165) is 38.9 Å². The highest BCUT2D eigenvalue weighted by Gasteiger charge is 2.28. The van der Waals surface area contributed by atoms with Crippen molar-refractivity contribution in [3.05, 3.63) is 0 Å². The van der Waals surface area contributed by atoms with Crippen LogP contribution in [0.5, 0.6) is 0 Å². The summed E-state index contributed by atoms with van der Waals surface area (Å²) in [6.07, 6.45) is 4.22. The minimum atomic E-state index is -0.816. The van der Waals surface area contributed by atoms with Gasteiger partial charge in [0.25, 0.3) is 0 Å². The molecule has 98 valence electrons. The molecule has 0 bridgehead atoms. The summed E-state index contributed by atoms with van der Waals surface area (Å²) in [7, 11) is 0. The molecule has 1 atom stereocenters. The number of nitrogens with one attached hydrogen (secondary N) is 1. The van der Waals surface area contributed by atoms with E-state index in [-0.39, 0.29) is 6.61 Å². The Balaban J connectivity index is 1.62. The molecule has 0 radical (unpaired) electrons. The molecule has 0 amide bonds. The zero-order chi connectivity index (χ0) is 12.1. The highest BCUT2D eigenvalue weighted by atomic mass is 16.5. The van der Waals surface area contributed by atoms with E-state index in [0.29, 0.717) is 18.6 Å². The van der Waals surface area contributed by atoms with Gasteiger partial charge in [0.15, 0.2) is 0 Å². The van der Waals surface area contributed by atoms with Crippen molar-refractivity contribution in [1.82, 2.24) is 5.32 Å². The predicted octanol–water partition coefficient (Wildman–Crippen LogP) is 0.635. The first-order chi connectivity index (χ1) is 8.25. The second-order valence-corrected chi connectivity index (χ2v) is 4.92. The Morgan fingerprint density at radius 3 is 2.65 bits per heavy atom. The van der Waals surface area contributed by atoms with E-state index >= 15 is 0 Å². The molecule has 1 aliphatic carbocycles. The largest absolute Gasteiger partial charge is 0.480 e. The number of carboxylic acid groups (broad SMARTS) is 1. The number of hydrogen-bond acceptors (Lipinski definition) is 4. The molecule has 17 heavy (non-hydrogen) atoms. The Bertz CT molecular complexity index is 249. The summed E-state index contributed by atoms with van der Waals surface area (Å²) >= 11 is 0. The van der Waals surface area contributed by atoms with Crippen molar-refractivity contribution in [2.24, 2.45) is 5.92 Å². The topological polar surface area (TPSA) is 67.8 Å². The van der Waals surface area contributed by atoms with E-state index in [9.17, 15) is 4.79 Å². The third-order valence-electron chi connectivity index (χ3n) is 3.29. The summed E-state index contributed by atoms with van der Waals surface area (Å²) in [5.41, 5.74) is 0. The Hall–Kier alpha value is -0.650. The first-order valence-electron chi connectivity index (χ1n) is 6.40. The fourth-order valence-electron chi connectivity index (χ4n) is 1.99. The minimum absolute atomic E-state index is 0.267. The maximum absolute atomic E-state index is 11.0. The molecule has 1 unspecified atom stereocenters. The van der Waals surface area contributed by atoms with Gasteiger partial charge in [-0.1, -0.05) is 0 Å². The van der Waals surface area contributed by atoms with Crippen LogP contribution in [0.2, 0.25) is 0 Å². The number of carboxylic acids is 1. The first kappa shape index (κ1) is 12.8. The van der Waals surface area contributed by atoms with Gasteiger partial charge in [0.05, 0.1) is 6.61 Å². The van der Waals surface area contributed by atoms with E-state index in [1.54, 1.807) is 0 Å². The second-order valence-electron chi connectivity index (χ2n) is 4.92. The summed E-state index contributed by atoms with van der Waals surface area (Å²) in [6, 6.07) is -0.162. The van der Waals surface area contributed by atoms with E-state index in [2.05, 4.69) is 5.32 Å². The van der Waals surface area contributed by atoms with Crippen LogP contribution in [-0.4, -0.2) is 49.6 Å². The zero-order valence-corrected chi connectivity index (χ0v) is 10.1. The highest BCUT2D eigenvalue weighted by Crippen LogP contribution is 2.20. The Labute approximate surface area is 101 Å². The summed E-state index contributed by atoms with van der Waals surface area (Å²) < 4.78 is 10.8. The van der Waals surface area contributed by atoms with Gasteiger partial charge in [-0.3, -0.25) is 10.1 Å². The van der Waals surface area contributed by atoms with Gasteiger partial charge in [0.2, 0.25) is 0 Å². The van der Waals surface area contributed by atoms with Crippen LogP contribution in [0.15, 0.2) is 0 Å². The van der Waals surface area contributed by atoms with Crippen LogP contribution in [0, 0.1) is 5.92 Å². The summed E-state index contributed by atoms with van der Waals surface area (Å²) in [4.78, 5) is 11.0. The molecule has 1 heterocycles. The van der Waals surface area contributed by atoms with Gasteiger partial charge in [0, 0.05) is 25.9 Å². The molecule has 2 aliphatic rings. The lowest BCUT2D eigenvalue weighted by Crippen LogP contribution is -2.42. The average molecular weight is 243 g/mol. The lowest BCUT2D eigenvalue weighted by Gasteiger charge is -2.22. The van der Waals surface area contributed by atoms with Crippen molar-refractivity contribution in [2.75, 3.05) is 26.4 Å². The molecular formula is C12H21NO4. The minimum Gasteiger partial charge on any atom is -0.480 e. The maximum Gasteiger partial charge on any atom is 0.323 e. The van der Waals surface area contributed by atoms with Gasteiger partial charge in [-0.2, -0.15) is 0 Å². The molecule has 1 aliphatic heterocycles. The summed E-state index contributed by atoms with van der Waals surface area (Å²) in [5, 5.41) is 12.1. The van der Waals surface area contributed by atoms with Gasteiger partial charge < -0.3 is 14.6 Å². The summed E-state index contributed by atoms with van der Waals surface area (Å²) in [5.74, 6) is -0.289. The van der Waals surface area contributed by atoms with Crippen molar-refractivity contribution in [2.45, 2.75) is 37.8 Å². The summed E-state index contributed by atoms with van der Waals surface area (Å²) in [6.45, 7) is 2.52. The van der Waals surface area contributed by atoms with Crippen molar-refractivity contribution in [3.63, 3.8) is 0 Å². The molecular weight excluding hydrogens is 222 g/mol. The molecule has 5 nitrogen and oxygen atoms in total. The number of aliphatic carboxylic acids is 1. The molecule has 2 rings (SSSR count). The molecule has 5 heteroatoms. The Kier molecular flexibility index (Phi) is 4.76. The van der Waals surface area contributed by atoms with Crippen LogP contribution in [-0.2, 0) is 14.3 Å². The normalized spacial score (nSPS) is 23.5. The molecule has 0 aromatic carbocycles. The highest BCUT2D eigenvalue weighted by molar-refractivity contribution is 5.73. The zero-order valence-electron chi connectivity index (χ0n) is 10.1. The number of hydrogen-bond donors (Lipinski definition) is 2. The van der Waals surface area contributed by atoms with Crippen molar-refractivity contribution < 1.29 is 19.4 Å². The van der Waals surface area contributed by atoms with Crippen LogP contribution in [0.1, 0.15) is 25.7 Å². The van der Waals surface area contributed by atoms with Crippen molar-refractivity contribution in [1.29, 1.82) is 0 Å². The third kappa shape index (κ3) is 4.61. The number of rotatable bonds is 7. The predicted molar refractivity (Wildman–Crippen MR) is 61.9 cm³/mol. The van der Waals surface area contributed by atoms with E-state index in [1.807, 2.05) is 0 Å². The average Bonchev–Trinajstić information content (AvgIpc) is 3.13.